The molecule has 0 heterocycles. The van der Waals surface area contributed by atoms with E-state index in [1.807, 2.05) is 36.4 Å². The van der Waals surface area contributed by atoms with Crippen molar-refractivity contribution in [2.75, 3.05) is 11.9 Å². The third-order valence-electron chi connectivity index (χ3n) is 2.93. The van der Waals surface area contributed by atoms with Crippen molar-refractivity contribution < 1.29 is 14.3 Å². The molecule has 0 radical (unpaired) electrons. The Bertz CT molecular complexity index is 614. The quantitative estimate of drug-likeness (QED) is 0.859. The largest absolute Gasteiger partial charge is 0.484 e. The zero-order valence-electron chi connectivity index (χ0n) is 12.3. The van der Waals surface area contributed by atoms with E-state index in [4.69, 9.17) is 4.74 Å². The Morgan fingerprint density at radius 1 is 1.00 bits per heavy atom. The summed E-state index contributed by atoms with van der Waals surface area (Å²) in [5.74, 6) is -0.0159. The van der Waals surface area contributed by atoms with Crippen LogP contribution in [0.3, 0.4) is 0 Å². The molecule has 5 heteroatoms. The van der Waals surface area contributed by atoms with Gasteiger partial charge in [-0.15, -0.1) is 0 Å². The maximum absolute atomic E-state index is 12.0. The van der Waals surface area contributed by atoms with Crippen LogP contribution in [0, 0.1) is 0 Å². The van der Waals surface area contributed by atoms with E-state index >= 15 is 0 Å². The highest BCUT2D eigenvalue weighted by molar-refractivity contribution is 5.97. The molecule has 0 spiro atoms. The fourth-order valence-electron chi connectivity index (χ4n) is 1.79. The lowest BCUT2D eigenvalue weighted by Gasteiger charge is -2.14. The van der Waals surface area contributed by atoms with Crippen molar-refractivity contribution in [3.8, 4) is 5.75 Å². The van der Waals surface area contributed by atoms with Gasteiger partial charge in [-0.2, -0.15) is 0 Å². The van der Waals surface area contributed by atoms with Crippen molar-refractivity contribution in [2.24, 2.45) is 0 Å². The summed E-state index contributed by atoms with van der Waals surface area (Å²) in [6.07, 6.45) is 0. The molecule has 0 saturated carbocycles. The van der Waals surface area contributed by atoms with Crippen LogP contribution < -0.4 is 15.4 Å². The molecule has 0 saturated heterocycles. The second kappa shape index (κ2) is 7.83. The highest BCUT2D eigenvalue weighted by atomic mass is 16.5. The molecule has 2 amide bonds. The molecule has 114 valence electrons. The molecule has 2 N–H and O–H groups in total. The van der Waals surface area contributed by atoms with E-state index in [2.05, 4.69) is 10.6 Å². The van der Waals surface area contributed by atoms with Crippen molar-refractivity contribution >= 4 is 17.5 Å². The molecule has 0 fully saturated rings. The van der Waals surface area contributed by atoms with Gasteiger partial charge >= 0.3 is 0 Å². The van der Waals surface area contributed by atoms with Crippen molar-refractivity contribution in [1.29, 1.82) is 0 Å². The highest BCUT2D eigenvalue weighted by Gasteiger charge is 2.15. The van der Waals surface area contributed by atoms with Gasteiger partial charge in [0.1, 0.15) is 11.8 Å². The molecule has 0 aliphatic heterocycles. The van der Waals surface area contributed by atoms with Crippen molar-refractivity contribution in [1.82, 2.24) is 5.32 Å². The van der Waals surface area contributed by atoms with Gasteiger partial charge in [0.25, 0.3) is 5.91 Å². The number of benzene rings is 2. The van der Waals surface area contributed by atoms with Gasteiger partial charge < -0.3 is 15.4 Å². The highest BCUT2D eigenvalue weighted by Crippen LogP contribution is 2.08. The standard InChI is InChI=1S/C17H18N2O3/c1-13(17(21)19-14-8-4-2-5-9-14)18-16(20)12-22-15-10-6-3-7-11-15/h2-11,13H,12H2,1H3,(H,18,20)(H,19,21). The number of anilines is 1. The number of ether oxygens (including phenoxy) is 1. The zero-order chi connectivity index (χ0) is 15.8. The molecule has 0 aromatic heterocycles. The van der Waals surface area contributed by atoms with E-state index in [0.717, 1.165) is 0 Å². The summed E-state index contributed by atoms with van der Waals surface area (Å²) in [5.41, 5.74) is 0.689. The number of nitrogens with one attached hydrogen (secondary N) is 2. The lowest BCUT2D eigenvalue weighted by molar-refractivity contribution is -0.127. The summed E-state index contributed by atoms with van der Waals surface area (Å²) in [5, 5.41) is 5.32. The molecular formula is C17H18N2O3. The number of carbonyl (C=O) groups excluding carboxylic acids is 2. The summed E-state index contributed by atoms with van der Waals surface area (Å²) in [7, 11) is 0. The third-order valence-corrected chi connectivity index (χ3v) is 2.93. The normalized spacial score (nSPS) is 11.3. The van der Waals surface area contributed by atoms with Crippen LogP contribution in [0.25, 0.3) is 0 Å². The van der Waals surface area contributed by atoms with Gasteiger partial charge in [-0.3, -0.25) is 9.59 Å². The van der Waals surface area contributed by atoms with Crippen molar-refractivity contribution in [3.05, 3.63) is 60.7 Å². The second-order valence-corrected chi connectivity index (χ2v) is 4.75. The number of hydrogen-bond acceptors (Lipinski definition) is 3. The molecule has 0 bridgehead atoms. The van der Waals surface area contributed by atoms with Crippen molar-refractivity contribution in [2.45, 2.75) is 13.0 Å². The second-order valence-electron chi connectivity index (χ2n) is 4.75. The first-order chi connectivity index (χ1) is 10.6. The summed E-state index contributed by atoms with van der Waals surface area (Å²) in [6, 6.07) is 17.5. The zero-order valence-corrected chi connectivity index (χ0v) is 12.3. The topological polar surface area (TPSA) is 67.4 Å². The van der Waals surface area contributed by atoms with E-state index in [-0.39, 0.29) is 18.4 Å². The first-order valence-electron chi connectivity index (χ1n) is 6.98. The Balaban J connectivity index is 1.77. The summed E-state index contributed by atoms with van der Waals surface area (Å²) in [6.45, 7) is 1.49. The van der Waals surface area contributed by atoms with Gasteiger partial charge in [0.15, 0.2) is 6.61 Å². The van der Waals surface area contributed by atoms with Gasteiger partial charge in [-0.25, -0.2) is 0 Å². The lowest BCUT2D eigenvalue weighted by Crippen LogP contribution is -2.43. The van der Waals surface area contributed by atoms with Gasteiger partial charge in [0.05, 0.1) is 0 Å². The van der Waals surface area contributed by atoms with Gasteiger partial charge in [-0.05, 0) is 31.2 Å². The Morgan fingerprint density at radius 2 is 1.59 bits per heavy atom. The Morgan fingerprint density at radius 3 is 2.23 bits per heavy atom. The fraction of sp³-hybridized carbons (Fsp3) is 0.176. The minimum absolute atomic E-state index is 0.132. The monoisotopic (exact) mass is 298 g/mol. The number of hydrogen-bond donors (Lipinski definition) is 2. The molecular weight excluding hydrogens is 280 g/mol. The first kappa shape index (κ1) is 15.6. The maximum atomic E-state index is 12.0. The molecule has 2 aromatic rings. The van der Waals surface area contributed by atoms with Crippen LogP contribution in [0.4, 0.5) is 5.69 Å². The molecule has 0 aliphatic rings. The van der Waals surface area contributed by atoms with Crippen LogP contribution in [-0.4, -0.2) is 24.5 Å². The summed E-state index contributed by atoms with van der Waals surface area (Å²) >= 11 is 0. The minimum Gasteiger partial charge on any atom is -0.484 e. The summed E-state index contributed by atoms with van der Waals surface area (Å²) < 4.78 is 5.32. The number of para-hydroxylation sites is 2. The predicted octanol–water partition coefficient (Wildman–Crippen LogP) is 2.21. The Hall–Kier alpha value is -2.82. The van der Waals surface area contributed by atoms with E-state index in [1.54, 1.807) is 31.2 Å². The number of amides is 2. The molecule has 22 heavy (non-hydrogen) atoms. The predicted molar refractivity (Wildman–Crippen MR) is 84.6 cm³/mol. The minimum atomic E-state index is -0.646. The third kappa shape index (κ3) is 4.94. The molecule has 0 aliphatic carbocycles. The molecule has 5 nitrogen and oxygen atoms in total. The van der Waals surface area contributed by atoms with Crippen LogP contribution in [0.2, 0.25) is 0 Å². The van der Waals surface area contributed by atoms with E-state index in [0.29, 0.717) is 11.4 Å². The molecule has 2 aromatic carbocycles. The van der Waals surface area contributed by atoms with Crippen LogP contribution in [-0.2, 0) is 9.59 Å². The lowest BCUT2D eigenvalue weighted by atomic mass is 10.2. The molecule has 1 atom stereocenters. The maximum Gasteiger partial charge on any atom is 0.258 e. The molecule has 2 rings (SSSR count). The smallest absolute Gasteiger partial charge is 0.258 e. The number of carbonyl (C=O) groups is 2. The average Bonchev–Trinajstić information content (AvgIpc) is 2.55. The SMILES string of the molecule is CC(NC(=O)COc1ccccc1)C(=O)Nc1ccccc1. The first-order valence-corrected chi connectivity index (χ1v) is 6.98. The molecule has 1 unspecified atom stereocenters. The van der Waals surface area contributed by atoms with Gasteiger partial charge in [0.2, 0.25) is 5.91 Å². The van der Waals surface area contributed by atoms with Crippen LogP contribution >= 0.6 is 0 Å². The number of rotatable bonds is 6. The van der Waals surface area contributed by atoms with Crippen LogP contribution in [0.15, 0.2) is 60.7 Å². The Labute approximate surface area is 129 Å². The van der Waals surface area contributed by atoms with E-state index < -0.39 is 6.04 Å². The van der Waals surface area contributed by atoms with Crippen molar-refractivity contribution in [3.63, 3.8) is 0 Å². The van der Waals surface area contributed by atoms with Crippen LogP contribution in [0.5, 0.6) is 5.75 Å². The van der Waals surface area contributed by atoms with Gasteiger partial charge in [-0.1, -0.05) is 36.4 Å². The van der Waals surface area contributed by atoms with Crippen LogP contribution in [0.1, 0.15) is 6.92 Å². The fourth-order valence-corrected chi connectivity index (χ4v) is 1.79. The van der Waals surface area contributed by atoms with E-state index in [9.17, 15) is 9.59 Å². The summed E-state index contributed by atoms with van der Waals surface area (Å²) in [4.78, 5) is 23.7. The van der Waals surface area contributed by atoms with Gasteiger partial charge in [0, 0.05) is 5.69 Å². The average molecular weight is 298 g/mol. The van der Waals surface area contributed by atoms with E-state index in [1.165, 1.54) is 0 Å². The Kier molecular flexibility index (Phi) is 5.54.